The second-order valence-electron chi connectivity index (χ2n) is 5.35. The van der Waals surface area contributed by atoms with Gasteiger partial charge in [-0.05, 0) is 38.0 Å². The lowest BCUT2D eigenvalue weighted by Crippen LogP contribution is -2.46. The second-order valence-corrected chi connectivity index (χ2v) is 5.35. The normalized spacial score (nSPS) is 21.1. The summed E-state index contributed by atoms with van der Waals surface area (Å²) < 4.78 is 5.34. The van der Waals surface area contributed by atoms with E-state index in [1.54, 1.807) is 0 Å². The Bertz CT molecular complexity index is 564. The fourth-order valence-corrected chi connectivity index (χ4v) is 2.16. The van der Waals surface area contributed by atoms with Crippen molar-refractivity contribution in [2.45, 2.75) is 25.8 Å². The molecule has 1 aromatic rings. The van der Waals surface area contributed by atoms with Crippen molar-refractivity contribution >= 4 is 5.91 Å². The highest BCUT2D eigenvalue weighted by Gasteiger charge is 2.31. The van der Waals surface area contributed by atoms with Crippen LogP contribution in [0.1, 0.15) is 34.8 Å². The summed E-state index contributed by atoms with van der Waals surface area (Å²) in [5.41, 5.74) is 7.61. The van der Waals surface area contributed by atoms with Crippen LogP contribution in [-0.2, 0) is 4.74 Å². The molecule has 1 amide bonds. The van der Waals surface area contributed by atoms with Crippen LogP contribution in [0.5, 0.6) is 0 Å². The van der Waals surface area contributed by atoms with Gasteiger partial charge in [0.25, 0.3) is 5.91 Å². The zero-order chi connectivity index (χ0) is 14.6. The van der Waals surface area contributed by atoms with Gasteiger partial charge in [0.2, 0.25) is 0 Å². The van der Waals surface area contributed by atoms with Crippen LogP contribution in [0.15, 0.2) is 18.2 Å². The molecule has 1 aromatic carbocycles. The molecule has 20 heavy (non-hydrogen) atoms. The molecule has 106 valence electrons. The molecule has 4 nitrogen and oxygen atoms in total. The van der Waals surface area contributed by atoms with E-state index in [0.29, 0.717) is 25.3 Å². The minimum Gasteiger partial charge on any atom is -0.379 e. The number of benzene rings is 1. The van der Waals surface area contributed by atoms with Crippen LogP contribution in [0.25, 0.3) is 0 Å². The fourth-order valence-electron chi connectivity index (χ4n) is 2.16. The summed E-state index contributed by atoms with van der Waals surface area (Å²) >= 11 is 0. The predicted octanol–water partition coefficient (Wildman–Crippen LogP) is 1.21. The van der Waals surface area contributed by atoms with Crippen LogP contribution in [0.3, 0.4) is 0 Å². The van der Waals surface area contributed by atoms with Crippen molar-refractivity contribution in [3.05, 3.63) is 34.9 Å². The third-order valence-corrected chi connectivity index (χ3v) is 3.46. The molecule has 0 aromatic heterocycles. The van der Waals surface area contributed by atoms with Gasteiger partial charge < -0.3 is 15.8 Å². The molecule has 1 atom stereocenters. The predicted molar refractivity (Wildman–Crippen MR) is 78.4 cm³/mol. The third kappa shape index (κ3) is 3.38. The van der Waals surface area contributed by atoms with Gasteiger partial charge in [0.05, 0.1) is 18.7 Å². The van der Waals surface area contributed by atoms with E-state index < -0.39 is 0 Å². The number of nitrogens with one attached hydrogen (secondary N) is 1. The zero-order valence-electron chi connectivity index (χ0n) is 12.0. The number of hydrogen-bond acceptors (Lipinski definition) is 3. The molecular formula is C16H20N2O2. The first kappa shape index (κ1) is 14.6. The maximum Gasteiger partial charge on any atom is 0.251 e. The summed E-state index contributed by atoms with van der Waals surface area (Å²) in [5.74, 6) is 5.72. The molecule has 0 saturated carbocycles. The van der Waals surface area contributed by atoms with Crippen molar-refractivity contribution in [1.82, 2.24) is 5.32 Å². The smallest absolute Gasteiger partial charge is 0.251 e. The Morgan fingerprint density at radius 2 is 2.35 bits per heavy atom. The summed E-state index contributed by atoms with van der Waals surface area (Å²) in [5, 5.41) is 3.04. The van der Waals surface area contributed by atoms with Crippen LogP contribution in [-0.4, -0.2) is 31.2 Å². The first-order chi connectivity index (χ1) is 9.54. The minimum absolute atomic E-state index is 0.0891. The van der Waals surface area contributed by atoms with Crippen molar-refractivity contribution in [1.29, 1.82) is 0 Å². The summed E-state index contributed by atoms with van der Waals surface area (Å²) in [4.78, 5) is 12.3. The molecule has 0 aliphatic carbocycles. The summed E-state index contributed by atoms with van der Waals surface area (Å²) in [6, 6.07) is 5.53. The lowest BCUT2D eigenvalue weighted by atomic mass is 10.00. The lowest BCUT2D eigenvalue weighted by molar-refractivity contribution is 0.0890. The highest BCUT2D eigenvalue weighted by atomic mass is 16.5. The van der Waals surface area contributed by atoms with Gasteiger partial charge in [-0.3, -0.25) is 4.79 Å². The van der Waals surface area contributed by atoms with E-state index in [-0.39, 0.29) is 11.4 Å². The van der Waals surface area contributed by atoms with Gasteiger partial charge in [-0.1, -0.05) is 17.9 Å². The Morgan fingerprint density at radius 1 is 1.55 bits per heavy atom. The van der Waals surface area contributed by atoms with Gasteiger partial charge >= 0.3 is 0 Å². The van der Waals surface area contributed by atoms with Gasteiger partial charge in [-0.2, -0.15) is 0 Å². The molecule has 1 aliphatic heterocycles. The van der Waals surface area contributed by atoms with E-state index in [4.69, 9.17) is 10.5 Å². The Hall–Kier alpha value is -1.83. The number of rotatable bonds is 2. The molecule has 0 spiro atoms. The standard InChI is InChI=1S/C16H20N2O2/c1-12-5-6-14(10-13(12)4-3-8-17)15(19)18-16(2)7-9-20-11-16/h5-6,10H,7-9,11,17H2,1-2H3,(H,18,19). The Morgan fingerprint density at radius 3 is 3.00 bits per heavy atom. The van der Waals surface area contributed by atoms with Gasteiger partial charge in [-0.25, -0.2) is 0 Å². The third-order valence-electron chi connectivity index (χ3n) is 3.46. The topological polar surface area (TPSA) is 64.3 Å². The van der Waals surface area contributed by atoms with Crippen molar-refractivity contribution in [2.24, 2.45) is 5.73 Å². The molecule has 2 rings (SSSR count). The molecule has 1 saturated heterocycles. The largest absolute Gasteiger partial charge is 0.379 e. The van der Waals surface area contributed by atoms with E-state index in [0.717, 1.165) is 17.5 Å². The van der Waals surface area contributed by atoms with Crippen molar-refractivity contribution < 1.29 is 9.53 Å². The molecule has 1 aliphatic rings. The van der Waals surface area contributed by atoms with Crippen molar-refractivity contribution in [2.75, 3.05) is 19.8 Å². The molecule has 0 radical (unpaired) electrons. The molecule has 4 heteroatoms. The molecule has 1 heterocycles. The Balaban J connectivity index is 2.17. The van der Waals surface area contributed by atoms with Gasteiger partial charge in [0, 0.05) is 17.7 Å². The monoisotopic (exact) mass is 272 g/mol. The van der Waals surface area contributed by atoms with Crippen LogP contribution in [0, 0.1) is 18.8 Å². The molecule has 3 N–H and O–H groups in total. The van der Waals surface area contributed by atoms with E-state index in [9.17, 15) is 4.79 Å². The SMILES string of the molecule is Cc1ccc(C(=O)NC2(C)CCOC2)cc1C#CCN. The van der Waals surface area contributed by atoms with Crippen molar-refractivity contribution in [3.63, 3.8) is 0 Å². The van der Waals surface area contributed by atoms with Crippen molar-refractivity contribution in [3.8, 4) is 11.8 Å². The Kier molecular flexibility index (Phi) is 4.43. The highest BCUT2D eigenvalue weighted by molar-refractivity contribution is 5.95. The lowest BCUT2D eigenvalue weighted by Gasteiger charge is -2.23. The number of amides is 1. The van der Waals surface area contributed by atoms with E-state index in [2.05, 4.69) is 17.2 Å². The molecular weight excluding hydrogens is 252 g/mol. The molecule has 1 unspecified atom stereocenters. The highest BCUT2D eigenvalue weighted by Crippen LogP contribution is 2.19. The van der Waals surface area contributed by atoms with Gasteiger partial charge in [0.15, 0.2) is 0 Å². The van der Waals surface area contributed by atoms with Crippen LogP contribution in [0.4, 0.5) is 0 Å². The van der Waals surface area contributed by atoms with Gasteiger partial charge in [-0.15, -0.1) is 0 Å². The fraction of sp³-hybridized carbons (Fsp3) is 0.438. The number of carbonyl (C=O) groups is 1. The van der Waals surface area contributed by atoms with Crippen LogP contribution < -0.4 is 11.1 Å². The number of hydrogen-bond donors (Lipinski definition) is 2. The second kappa shape index (κ2) is 6.08. The summed E-state index contributed by atoms with van der Waals surface area (Å²) in [6.07, 6.45) is 0.838. The summed E-state index contributed by atoms with van der Waals surface area (Å²) in [7, 11) is 0. The molecule has 0 bridgehead atoms. The summed E-state index contributed by atoms with van der Waals surface area (Å²) in [6.45, 7) is 5.53. The van der Waals surface area contributed by atoms with E-state index in [1.165, 1.54) is 0 Å². The number of carbonyl (C=O) groups excluding carboxylic acids is 1. The number of nitrogens with two attached hydrogens (primary N) is 1. The maximum atomic E-state index is 12.3. The maximum absolute atomic E-state index is 12.3. The first-order valence-corrected chi connectivity index (χ1v) is 6.74. The zero-order valence-corrected chi connectivity index (χ0v) is 12.0. The Labute approximate surface area is 119 Å². The number of aryl methyl sites for hydroxylation is 1. The first-order valence-electron chi connectivity index (χ1n) is 6.74. The average molecular weight is 272 g/mol. The van der Waals surface area contributed by atoms with E-state index >= 15 is 0 Å². The number of ether oxygens (including phenoxy) is 1. The molecule has 1 fully saturated rings. The van der Waals surface area contributed by atoms with Crippen LogP contribution in [0.2, 0.25) is 0 Å². The minimum atomic E-state index is -0.273. The van der Waals surface area contributed by atoms with Crippen LogP contribution >= 0.6 is 0 Å². The quantitative estimate of drug-likeness (QED) is 0.796. The average Bonchev–Trinajstić information content (AvgIpc) is 2.84. The van der Waals surface area contributed by atoms with Gasteiger partial charge in [0.1, 0.15) is 0 Å². The van der Waals surface area contributed by atoms with E-state index in [1.807, 2.05) is 32.0 Å².